The van der Waals surface area contributed by atoms with E-state index in [2.05, 4.69) is 24.5 Å². The maximum atomic E-state index is 12.0. The molecule has 5 heteroatoms. The van der Waals surface area contributed by atoms with Crippen molar-refractivity contribution in [2.45, 2.75) is 37.8 Å². The first kappa shape index (κ1) is 18.2. The van der Waals surface area contributed by atoms with E-state index in [4.69, 9.17) is 4.74 Å². The van der Waals surface area contributed by atoms with Crippen LogP contribution in [0, 0.1) is 0 Å². The number of ether oxygens (including phenoxy) is 1. The molecule has 0 aromatic heterocycles. The average molecular weight is 344 g/mol. The molecular weight excluding hydrogens is 320 g/mol. The van der Waals surface area contributed by atoms with Crippen molar-refractivity contribution in [3.8, 4) is 5.75 Å². The fourth-order valence-corrected chi connectivity index (χ4v) is 2.68. The molecule has 0 radical (unpaired) electrons. The molecule has 2 aromatic rings. The average Bonchev–Trinajstić information content (AvgIpc) is 2.55. The van der Waals surface area contributed by atoms with Gasteiger partial charge in [0.1, 0.15) is 5.75 Å². The number of carbonyl (C=O) groups is 1. The van der Waals surface area contributed by atoms with Crippen LogP contribution in [0.4, 0.5) is 10.5 Å². The number of benzene rings is 2. The predicted molar refractivity (Wildman–Crippen MR) is 101 cm³/mol. The zero-order valence-electron chi connectivity index (χ0n) is 14.5. The highest BCUT2D eigenvalue weighted by Crippen LogP contribution is 2.20. The minimum Gasteiger partial charge on any atom is -0.471 e. The third-order valence-electron chi connectivity index (χ3n) is 3.52. The molecule has 2 N–H and O–H groups in total. The van der Waals surface area contributed by atoms with Crippen molar-refractivity contribution in [1.29, 1.82) is 0 Å². The standard InChI is InChI=1S/C19H24N2O2S/c1-13(2)15-8-10-17(11-9-15)23-14(3)20-19(22)21-16-6-5-7-18(12-16)24-4/h5-14H,1-4H3,(H2,20,21,22). The Morgan fingerprint density at radius 1 is 1.08 bits per heavy atom. The molecular formula is C19H24N2O2S. The van der Waals surface area contributed by atoms with Gasteiger partial charge in [-0.2, -0.15) is 0 Å². The normalized spacial score (nSPS) is 11.9. The van der Waals surface area contributed by atoms with Crippen molar-refractivity contribution in [2.24, 2.45) is 0 Å². The molecule has 0 aliphatic heterocycles. The van der Waals surface area contributed by atoms with Crippen LogP contribution < -0.4 is 15.4 Å². The van der Waals surface area contributed by atoms with Crippen molar-refractivity contribution >= 4 is 23.5 Å². The van der Waals surface area contributed by atoms with Gasteiger partial charge < -0.3 is 15.4 Å². The molecule has 0 aliphatic rings. The van der Waals surface area contributed by atoms with Gasteiger partial charge in [-0.05, 0) is 55.0 Å². The van der Waals surface area contributed by atoms with Crippen molar-refractivity contribution in [1.82, 2.24) is 5.32 Å². The van der Waals surface area contributed by atoms with Gasteiger partial charge in [0.05, 0.1) is 0 Å². The lowest BCUT2D eigenvalue weighted by molar-refractivity contribution is 0.183. The van der Waals surface area contributed by atoms with E-state index in [-0.39, 0.29) is 6.03 Å². The Morgan fingerprint density at radius 3 is 2.42 bits per heavy atom. The number of hydrogen-bond acceptors (Lipinski definition) is 3. The van der Waals surface area contributed by atoms with E-state index in [0.29, 0.717) is 5.92 Å². The molecule has 2 amide bonds. The van der Waals surface area contributed by atoms with Gasteiger partial charge >= 0.3 is 6.03 Å². The second-order valence-corrected chi connectivity index (χ2v) is 6.69. The van der Waals surface area contributed by atoms with Crippen LogP contribution in [0.5, 0.6) is 5.75 Å². The van der Waals surface area contributed by atoms with Crippen molar-refractivity contribution < 1.29 is 9.53 Å². The highest BCUT2D eigenvalue weighted by atomic mass is 32.2. The summed E-state index contributed by atoms with van der Waals surface area (Å²) in [5, 5.41) is 5.59. The molecule has 1 atom stereocenters. The van der Waals surface area contributed by atoms with Crippen molar-refractivity contribution in [3.63, 3.8) is 0 Å². The lowest BCUT2D eigenvalue weighted by Gasteiger charge is -2.17. The summed E-state index contributed by atoms with van der Waals surface area (Å²) in [4.78, 5) is 13.1. The molecule has 0 saturated carbocycles. The van der Waals surface area contributed by atoms with Gasteiger partial charge in [0.15, 0.2) is 6.23 Å². The number of nitrogens with one attached hydrogen (secondary N) is 2. The number of carbonyl (C=O) groups excluding carboxylic acids is 1. The maximum absolute atomic E-state index is 12.0. The number of anilines is 1. The number of urea groups is 1. The molecule has 1 unspecified atom stereocenters. The third kappa shape index (κ3) is 5.49. The van der Waals surface area contributed by atoms with E-state index < -0.39 is 6.23 Å². The number of thioether (sulfide) groups is 1. The fourth-order valence-electron chi connectivity index (χ4n) is 2.22. The van der Waals surface area contributed by atoms with E-state index >= 15 is 0 Å². The van der Waals surface area contributed by atoms with Crippen LogP contribution in [0.15, 0.2) is 53.4 Å². The smallest absolute Gasteiger partial charge is 0.322 e. The van der Waals surface area contributed by atoms with Crippen LogP contribution in [0.3, 0.4) is 0 Å². The first-order valence-corrected chi connectivity index (χ1v) is 9.18. The summed E-state index contributed by atoms with van der Waals surface area (Å²) in [6.45, 7) is 6.10. The first-order chi connectivity index (χ1) is 11.5. The van der Waals surface area contributed by atoms with Gasteiger partial charge in [-0.25, -0.2) is 4.79 Å². The van der Waals surface area contributed by atoms with Crippen LogP contribution in [0.1, 0.15) is 32.3 Å². The zero-order valence-corrected chi connectivity index (χ0v) is 15.3. The van der Waals surface area contributed by atoms with E-state index in [1.807, 2.05) is 54.8 Å². The zero-order chi connectivity index (χ0) is 17.5. The van der Waals surface area contributed by atoms with Crippen molar-refractivity contribution in [2.75, 3.05) is 11.6 Å². The number of rotatable bonds is 6. The molecule has 4 nitrogen and oxygen atoms in total. The van der Waals surface area contributed by atoms with Gasteiger partial charge in [0.25, 0.3) is 0 Å². The van der Waals surface area contributed by atoms with E-state index in [1.165, 1.54) is 5.56 Å². The van der Waals surface area contributed by atoms with Crippen molar-refractivity contribution in [3.05, 3.63) is 54.1 Å². The Bertz CT molecular complexity index is 671. The van der Waals surface area contributed by atoms with Gasteiger partial charge in [-0.1, -0.05) is 32.0 Å². The minimum absolute atomic E-state index is 0.292. The molecule has 2 rings (SSSR count). The lowest BCUT2D eigenvalue weighted by Crippen LogP contribution is -2.39. The second-order valence-electron chi connectivity index (χ2n) is 5.81. The van der Waals surface area contributed by atoms with E-state index in [0.717, 1.165) is 16.3 Å². The van der Waals surface area contributed by atoms with E-state index in [9.17, 15) is 4.79 Å². The first-order valence-electron chi connectivity index (χ1n) is 7.96. The van der Waals surface area contributed by atoms with Crippen LogP contribution in [0.2, 0.25) is 0 Å². The molecule has 128 valence electrons. The summed E-state index contributed by atoms with van der Waals surface area (Å²) in [6.07, 6.45) is 1.57. The lowest BCUT2D eigenvalue weighted by atomic mass is 10.0. The Hall–Kier alpha value is -2.14. The van der Waals surface area contributed by atoms with Crippen LogP contribution in [-0.2, 0) is 0 Å². The number of hydrogen-bond donors (Lipinski definition) is 2. The summed E-state index contributed by atoms with van der Waals surface area (Å²) in [5.41, 5.74) is 2.02. The monoisotopic (exact) mass is 344 g/mol. The predicted octanol–water partition coefficient (Wildman–Crippen LogP) is 5.08. The van der Waals surface area contributed by atoms with Crippen LogP contribution >= 0.6 is 11.8 Å². The quantitative estimate of drug-likeness (QED) is 0.567. The SMILES string of the molecule is CSc1cccc(NC(=O)NC(C)Oc2ccc(C(C)C)cc2)c1. The highest BCUT2D eigenvalue weighted by Gasteiger charge is 2.09. The van der Waals surface area contributed by atoms with Gasteiger partial charge in [0.2, 0.25) is 0 Å². The van der Waals surface area contributed by atoms with Gasteiger partial charge in [-0.15, -0.1) is 11.8 Å². The molecule has 0 fully saturated rings. The molecule has 0 spiro atoms. The largest absolute Gasteiger partial charge is 0.471 e. The van der Waals surface area contributed by atoms with Gasteiger partial charge in [-0.3, -0.25) is 0 Å². The maximum Gasteiger partial charge on any atom is 0.322 e. The Kier molecular flexibility index (Phi) is 6.55. The summed E-state index contributed by atoms with van der Waals surface area (Å²) in [5.74, 6) is 1.22. The summed E-state index contributed by atoms with van der Waals surface area (Å²) in [7, 11) is 0. The Morgan fingerprint density at radius 2 is 1.79 bits per heavy atom. The second kappa shape index (κ2) is 8.64. The molecule has 0 aliphatic carbocycles. The van der Waals surface area contributed by atoms with E-state index in [1.54, 1.807) is 18.7 Å². The molecule has 0 heterocycles. The molecule has 24 heavy (non-hydrogen) atoms. The fraction of sp³-hybridized carbons (Fsp3) is 0.316. The third-order valence-corrected chi connectivity index (χ3v) is 4.25. The summed E-state index contributed by atoms with van der Waals surface area (Å²) in [6, 6.07) is 15.3. The summed E-state index contributed by atoms with van der Waals surface area (Å²) < 4.78 is 5.73. The minimum atomic E-state index is -0.432. The molecule has 0 saturated heterocycles. The Labute approximate surface area is 148 Å². The molecule has 2 aromatic carbocycles. The van der Waals surface area contributed by atoms with Crippen LogP contribution in [-0.4, -0.2) is 18.5 Å². The Balaban J connectivity index is 1.86. The van der Waals surface area contributed by atoms with Gasteiger partial charge in [0, 0.05) is 10.6 Å². The highest BCUT2D eigenvalue weighted by molar-refractivity contribution is 7.98. The topological polar surface area (TPSA) is 50.4 Å². The van der Waals surface area contributed by atoms with Crippen LogP contribution in [0.25, 0.3) is 0 Å². The number of amides is 2. The summed E-state index contributed by atoms with van der Waals surface area (Å²) >= 11 is 1.63. The molecule has 0 bridgehead atoms.